The zero-order chi connectivity index (χ0) is 35.2. The number of hydrogen-bond acceptors (Lipinski definition) is 8. The fraction of sp³-hybridized carbons (Fsp3) is 0.485. The highest BCUT2D eigenvalue weighted by Crippen LogP contribution is 2.27. The zero-order valence-corrected chi connectivity index (χ0v) is 27.2. The molecule has 4 atom stereocenters. The molecule has 1 saturated carbocycles. The highest BCUT2D eigenvalue weighted by Gasteiger charge is 2.35. The van der Waals surface area contributed by atoms with Crippen molar-refractivity contribution in [2.45, 2.75) is 88.4 Å². The largest absolute Gasteiger partial charge is 0.481 e. The molecule has 1 aliphatic carbocycles. The molecule has 4 amide bonds. The van der Waals surface area contributed by atoms with Crippen molar-refractivity contribution in [3.63, 3.8) is 0 Å². The predicted molar refractivity (Wildman–Crippen MR) is 177 cm³/mol. The molecule has 1 aliphatic rings. The second-order valence-electron chi connectivity index (χ2n) is 11.9. The van der Waals surface area contributed by atoms with Gasteiger partial charge in [0.1, 0.15) is 24.2 Å². The number of aliphatic carboxylic acids is 3. The summed E-state index contributed by atoms with van der Waals surface area (Å²) in [5, 5.41) is 39.7. The number of nitrogens with one attached hydrogen (secondary N) is 4. The summed E-state index contributed by atoms with van der Waals surface area (Å²) in [7, 11) is 0. The molecule has 15 heteroatoms. The van der Waals surface area contributed by atoms with E-state index in [1.807, 2.05) is 36.4 Å². The Bertz CT molecular complexity index is 1500. The number of benzene rings is 2. The van der Waals surface area contributed by atoms with Crippen molar-refractivity contribution in [1.82, 2.24) is 21.3 Å². The molecule has 0 spiro atoms. The Kier molecular flexibility index (Phi) is 14.7. The summed E-state index contributed by atoms with van der Waals surface area (Å²) in [6.45, 7) is 0. The van der Waals surface area contributed by atoms with E-state index in [2.05, 4.69) is 33.9 Å². The number of carbonyl (C=O) groups is 7. The van der Waals surface area contributed by atoms with E-state index in [1.54, 1.807) is 6.07 Å². The minimum atomic E-state index is -1.44. The molecule has 0 heterocycles. The van der Waals surface area contributed by atoms with E-state index >= 15 is 0 Å². The number of carboxylic acids is 3. The fourth-order valence-corrected chi connectivity index (χ4v) is 5.92. The van der Waals surface area contributed by atoms with E-state index in [1.165, 1.54) is 0 Å². The lowest BCUT2D eigenvalue weighted by Crippen LogP contribution is -2.59. The highest BCUT2D eigenvalue weighted by molar-refractivity contribution is 7.80. The van der Waals surface area contributed by atoms with Crippen LogP contribution in [0.15, 0.2) is 42.5 Å². The van der Waals surface area contributed by atoms with E-state index in [0.717, 1.165) is 30.0 Å². The van der Waals surface area contributed by atoms with Crippen LogP contribution in [-0.4, -0.2) is 86.8 Å². The van der Waals surface area contributed by atoms with Crippen LogP contribution >= 0.6 is 12.6 Å². The Labute approximate surface area is 282 Å². The maximum Gasteiger partial charge on any atom is 0.327 e. The third kappa shape index (κ3) is 11.9. The SMILES string of the molecule is O=C(O)CCC(=O)N[C@H](C(=O)N[C@@H](CCC(=O)O)C(=O)N[C@@H](Cc1ccc2ccccc2c1)C(=O)N[C@@H](CS)C(=O)O)C1CCCCC1. The smallest absolute Gasteiger partial charge is 0.327 e. The van der Waals surface area contributed by atoms with E-state index < -0.39 is 78.5 Å². The quantitative estimate of drug-likeness (QED) is 0.106. The van der Waals surface area contributed by atoms with Crippen LogP contribution in [0, 0.1) is 5.92 Å². The van der Waals surface area contributed by atoms with Crippen molar-refractivity contribution in [2.75, 3.05) is 5.75 Å². The van der Waals surface area contributed by atoms with Gasteiger partial charge in [0, 0.05) is 25.0 Å². The van der Waals surface area contributed by atoms with Gasteiger partial charge in [0.25, 0.3) is 0 Å². The average molecular weight is 687 g/mol. The summed E-state index contributed by atoms with van der Waals surface area (Å²) in [5.41, 5.74) is 0.638. The molecular formula is C33H42N4O10S. The molecule has 1 fully saturated rings. The van der Waals surface area contributed by atoms with Crippen molar-refractivity contribution in [1.29, 1.82) is 0 Å². The normalized spacial score (nSPS) is 15.7. The first-order valence-electron chi connectivity index (χ1n) is 15.8. The van der Waals surface area contributed by atoms with Crippen LogP contribution in [0.5, 0.6) is 0 Å². The molecular weight excluding hydrogens is 644 g/mol. The summed E-state index contributed by atoms with van der Waals surface area (Å²) < 4.78 is 0. The number of carboxylic acid groups (broad SMARTS) is 3. The molecule has 48 heavy (non-hydrogen) atoms. The Balaban J connectivity index is 1.87. The lowest BCUT2D eigenvalue weighted by molar-refractivity contribution is -0.141. The van der Waals surface area contributed by atoms with Gasteiger partial charge in [0.05, 0.1) is 6.42 Å². The second-order valence-corrected chi connectivity index (χ2v) is 12.2. The van der Waals surface area contributed by atoms with Crippen molar-refractivity contribution in [2.24, 2.45) is 5.92 Å². The van der Waals surface area contributed by atoms with Gasteiger partial charge in [-0.2, -0.15) is 12.6 Å². The molecule has 3 rings (SSSR count). The molecule has 0 unspecified atom stereocenters. The van der Waals surface area contributed by atoms with E-state index in [-0.39, 0.29) is 30.9 Å². The van der Waals surface area contributed by atoms with Crippen LogP contribution in [0.3, 0.4) is 0 Å². The van der Waals surface area contributed by atoms with E-state index in [4.69, 9.17) is 5.11 Å². The number of fused-ring (bicyclic) bond motifs is 1. The Hall–Kier alpha value is -4.66. The molecule has 0 aliphatic heterocycles. The number of amides is 4. The van der Waals surface area contributed by atoms with Crippen LogP contribution in [0.25, 0.3) is 10.8 Å². The Morgan fingerprint density at radius 3 is 1.92 bits per heavy atom. The van der Waals surface area contributed by atoms with Gasteiger partial charge in [-0.15, -0.1) is 0 Å². The first-order chi connectivity index (χ1) is 22.9. The molecule has 0 bridgehead atoms. The average Bonchev–Trinajstić information content (AvgIpc) is 3.06. The van der Waals surface area contributed by atoms with Gasteiger partial charge < -0.3 is 36.6 Å². The monoisotopic (exact) mass is 686 g/mol. The molecule has 7 N–H and O–H groups in total. The highest BCUT2D eigenvalue weighted by atomic mass is 32.1. The molecule has 0 aromatic heterocycles. The van der Waals surface area contributed by atoms with Gasteiger partial charge in [0.2, 0.25) is 23.6 Å². The van der Waals surface area contributed by atoms with Crippen molar-refractivity contribution in [3.05, 3.63) is 48.0 Å². The minimum absolute atomic E-state index is 0.0642. The first-order valence-corrected chi connectivity index (χ1v) is 16.5. The maximum atomic E-state index is 13.7. The summed E-state index contributed by atoms with van der Waals surface area (Å²) >= 11 is 3.99. The standard InChI is InChI=1S/C33H42N4O10S/c38-26(13-15-28(41)42)37-29(21-7-2-1-3-8-21)32(45)34-23(12-14-27(39)40)30(43)35-24(31(44)36-25(18-48)33(46)47)17-19-10-11-20-6-4-5-9-22(20)16-19/h4-6,9-11,16,21,23-25,29,48H,1-3,7-8,12-15,17-18H2,(H,34,45)(H,35,43)(H,36,44)(H,37,38)(H,39,40)(H,41,42)(H,46,47)/t23-,24-,25-,29-/m0/s1. The van der Waals surface area contributed by atoms with Gasteiger partial charge in [-0.3, -0.25) is 28.8 Å². The molecule has 2 aromatic carbocycles. The molecule has 260 valence electrons. The summed E-state index contributed by atoms with van der Waals surface area (Å²) in [6.07, 6.45) is 2.03. The van der Waals surface area contributed by atoms with Crippen molar-refractivity contribution in [3.8, 4) is 0 Å². The maximum absolute atomic E-state index is 13.7. The van der Waals surface area contributed by atoms with Gasteiger partial charge in [-0.1, -0.05) is 61.7 Å². The summed E-state index contributed by atoms with van der Waals surface area (Å²) in [4.78, 5) is 87.4. The Morgan fingerprint density at radius 1 is 0.688 bits per heavy atom. The minimum Gasteiger partial charge on any atom is -0.481 e. The number of thiol groups is 1. The van der Waals surface area contributed by atoms with Crippen LogP contribution in [0.4, 0.5) is 0 Å². The number of carbonyl (C=O) groups excluding carboxylic acids is 4. The number of rotatable bonds is 18. The second kappa shape index (κ2) is 18.6. The van der Waals surface area contributed by atoms with E-state index in [9.17, 15) is 43.8 Å². The summed E-state index contributed by atoms with van der Waals surface area (Å²) in [6, 6.07) is 7.66. The molecule has 0 saturated heterocycles. The summed E-state index contributed by atoms with van der Waals surface area (Å²) in [5.74, 6) is -7.38. The van der Waals surface area contributed by atoms with Crippen LogP contribution in [0.2, 0.25) is 0 Å². The third-order valence-electron chi connectivity index (χ3n) is 8.25. The molecule has 14 nitrogen and oxygen atoms in total. The molecule has 2 aromatic rings. The van der Waals surface area contributed by atoms with Crippen LogP contribution in [-0.2, 0) is 40.0 Å². The van der Waals surface area contributed by atoms with Crippen LogP contribution in [0.1, 0.15) is 63.4 Å². The van der Waals surface area contributed by atoms with Crippen LogP contribution < -0.4 is 21.3 Å². The van der Waals surface area contributed by atoms with E-state index in [0.29, 0.717) is 18.4 Å². The fourth-order valence-electron chi connectivity index (χ4n) is 5.67. The van der Waals surface area contributed by atoms with Gasteiger partial charge in [-0.25, -0.2) is 4.79 Å². The zero-order valence-electron chi connectivity index (χ0n) is 26.4. The van der Waals surface area contributed by atoms with Gasteiger partial charge in [0.15, 0.2) is 0 Å². The van der Waals surface area contributed by atoms with Gasteiger partial charge >= 0.3 is 17.9 Å². The van der Waals surface area contributed by atoms with Gasteiger partial charge in [-0.05, 0) is 41.5 Å². The lowest BCUT2D eigenvalue weighted by atomic mass is 9.83. The lowest BCUT2D eigenvalue weighted by Gasteiger charge is -2.31. The Morgan fingerprint density at radius 2 is 1.29 bits per heavy atom. The third-order valence-corrected chi connectivity index (χ3v) is 8.61. The first kappa shape index (κ1) is 37.8. The van der Waals surface area contributed by atoms with Crippen molar-refractivity contribution < 1.29 is 48.9 Å². The topological polar surface area (TPSA) is 228 Å². The number of hydrogen-bond donors (Lipinski definition) is 8. The molecule has 0 radical (unpaired) electrons. The predicted octanol–water partition coefficient (Wildman–Crippen LogP) is 1.65. The van der Waals surface area contributed by atoms with Crippen molar-refractivity contribution >= 4 is 64.9 Å².